The van der Waals surface area contributed by atoms with E-state index in [1.807, 2.05) is 48.7 Å². The lowest BCUT2D eigenvalue weighted by atomic mass is 10.0. The van der Waals surface area contributed by atoms with Crippen molar-refractivity contribution >= 4 is 22.7 Å². The van der Waals surface area contributed by atoms with E-state index in [9.17, 15) is 20.0 Å². The van der Waals surface area contributed by atoms with Crippen molar-refractivity contribution in [3.05, 3.63) is 59.8 Å². The molecular formula is C27H28N4O3. The molecule has 1 saturated carbocycles. The second kappa shape index (κ2) is 8.30. The van der Waals surface area contributed by atoms with Crippen molar-refractivity contribution in [2.45, 2.75) is 38.3 Å². The summed E-state index contributed by atoms with van der Waals surface area (Å²) in [6, 6.07) is 16.2. The van der Waals surface area contributed by atoms with Crippen molar-refractivity contribution in [3.8, 4) is 17.2 Å². The maximum absolute atomic E-state index is 13.0. The van der Waals surface area contributed by atoms with Gasteiger partial charge in [0.1, 0.15) is 11.7 Å². The number of aromatic nitrogens is 1. The van der Waals surface area contributed by atoms with Crippen LogP contribution in [-0.2, 0) is 4.79 Å². The molecule has 1 aliphatic carbocycles. The number of nitriles is 1. The van der Waals surface area contributed by atoms with Gasteiger partial charge in [-0.25, -0.2) is 0 Å². The molecule has 2 heterocycles. The summed E-state index contributed by atoms with van der Waals surface area (Å²) < 4.78 is 2.11. The summed E-state index contributed by atoms with van der Waals surface area (Å²) in [5.74, 6) is -0.260. The van der Waals surface area contributed by atoms with Gasteiger partial charge in [0.2, 0.25) is 0 Å². The third-order valence-corrected chi connectivity index (χ3v) is 6.95. The number of benzene rings is 2. The molecule has 1 saturated heterocycles. The average Bonchev–Trinajstić information content (AvgIpc) is 3.50. The Balaban J connectivity index is 1.30. The number of piperazine rings is 1. The van der Waals surface area contributed by atoms with Crippen LogP contribution in [0, 0.1) is 11.3 Å². The number of carbonyl (C=O) groups excluding carboxylic acids is 2. The van der Waals surface area contributed by atoms with E-state index in [1.165, 1.54) is 0 Å². The Morgan fingerprint density at radius 1 is 0.971 bits per heavy atom. The highest BCUT2D eigenvalue weighted by Gasteiger charge is 2.50. The molecule has 2 amide bonds. The summed E-state index contributed by atoms with van der Waals surface area (Å²) in [4.78, 5) is 28.7. The Labute approximate surface area is 198 Å². The first-order chi connectivity index (χ1) is 16.3. The standard InChI is InChI=1S/C27H28N4O3/c1-18(2)31-17-22(16-28)23-15-21(7-8-24(23)31)19-3-5-20(6-4-19)25(32)29-11-13-30(14-12-29)26(33)27(34)9-10-27/h3-8,15,17-18,34H,9-14H2,1-2H3. The second-order valence-electron chi connectivity index (χ2n) is 9.58. The van der Waals surface area contributed by atoms with Crippen LogP contribution in [0.4, 0.5) is 0 Å². The van der Waals surface area contributed by atoms with Gasteiger partial charge in [-0.15, -0.1) is 0 Å². The van der Waals surface area contributed by atoms with E-state index in [1.54, 1.807) is 9.80 Å². The molecule has 174 valence electrons. The van der Waals surface area contributed by atoms with Gasteiger partial charge < -0.3 is 19.5 Å². The summed E-state index contributed by atoms with van der Waals surface area (Å²) in [5.41, 5.74) is 3.12. The molecule has 3 aromatic rings. The molecule has 2 fully saturated rings. The van der Waals surface area contributed by atoms with E-state index in [0.717, 1.165) is 22.0 Å². The molecule has 0 spiro atoms. The lowest BCUT2D eigenvalue weighted by Crippen LogP contribution is -2.53. The zero-order valence-corrected chi connectivity index (χ0v) is 19.5. The molecule has 0 unspecified atom stereocenters. The first-order valence-electron chi connectivity index (χ1n) is 11.8. The normalized spacial score (nSPS) is 17.1. The largest absolute Gasteiger partial charge is 0.380 e. The molecule has 1 aromatic heterocycles. The number of carbonyl (C=O) groups is 2. The van der Waals surface area contributed by atoms with Crippen LogP contribution in [0.1, 0.15) is 48.7 Å². The van der Waals surface area contributed by atoms with Gasteiger partial charge in [-0.1, -0.05) is 18.2 Å². The number of amides is 2. The predicted molar refractivity (Wildman–Crippen MR) is 129 cm³/mol. The number of hydrogen-bond acceptors (Lipinski definition) is 4. The Morgan fingerprint density at radius 3 is 2.18 bits per heavy atom. The topological polar surface area (TPSA) is 89.6 Å². The molecule has 2 aliphatic rings. The molecule has 0 radical (unpaired) electrons. The van der Waals surface area contributed by atoms with Crippen molar-refractivity contribution in [3.63, 3.8) is 0 Å². The number of rotatable bonds is 4. The van der Waals surface area contributed by atoms with E-state index in [0.29, 0.717) is 50.1 Å². The molecule has 7 heteroatoms. The number of aliphatic hydroxyl groups is 1. The maximum Gasteiger partial charge on any atom is 0.254 e. The van der Waals surface area contributed by atoms with Gasteiger partial charge in [-0.3, -0.25) is 9.59 Å². The average molecular weight is 457 g/mol. The van der Waals surface area contributed by atoms with Crippen LogP contribution < -0.4 is 0 Å². The van der Waals surface area contributed by atoms with Crippen LogP contribution in [0.2, 0.25) is 0 Å². The number of fused-ring (bicyclic) bond motifs is 1. The number of hydrogen-bond donors (Lipinski definition) is 1. The third-order valence-electron chi connectivity index (χ3n) is 6.95. The fourth-order valence-electron chi connectivity index (χ4n) is 4.68. The van der Waals surface area contributed by atoms with Gasteiger partial charge in [0, 0.05) is 54.9 Å². The SMILES string of the molecule is CC(C)n1cc(C#N)c2cc(-c3ccc(C(=O)N4CCN(C(=O)C5(O)CC5)CC4)cc3)ccc21. The van der Waals surface area contributed by atoms with Crippen LogP contribution in [-0.4, -0.2) is 63.1 Å². The molecule has 0 atom stereocenters. The molecule has 34 heavy (non-hydrogen) atoms. The first-order valence-corrected chi connectivity index (χ1v) is 11.8. The Hall–Kier alpha value is -3.63. The van der Waals surface area contributed by atoms with Crippen molar-refractivity contribution < 1.29 is 14.7 Å². The smallest absolute Gasteiger partial charge is 0.254 e. The maximum atomic E-state index is 13.0. The zero-order chi connectivity index (χ0) is 24.0. The van der Waals surface area contributed by atoms with Gasteiger partial charge >= 0.3 is 0 Å². The lowest BCUT2D eigenvalue weighted by molar-refractivity contribution is -0.143. The van der Waals surface area contributed by atoms with E-state index >= 15 is 0 Å². The van der Waals surface area contributed by atoms with Crippen molar-refractivity contribution in [2.24, 2.45) is 0 Å². The molecular weight excluding hydrogens is 428 g/mol. The molecule has 2 aromatic carbocycles. The van der Waals surface area contributed by atoms with Crippen molar-refractivity contribution in [2.75, 3.05) is 26.2 Å². The third kappa shape index (κ3) is 3.84. The summed E-state index contributed by atoms with van der Waals surface area (Å²) >= 11 is 0. The fraction of sp³-hybridized carbons (Fsp3) is 0.370. The van der Waals surface area contributed by atoms with Gasteiger partial charge in [-0.05, 0) is 62.1 Å². The van der Waals surface area contributed by atoms with Gasteiger partial charge in [0.15, 0.2) is 0 Å². The summed E-state index contributed by atoms with van der Waals surface area (Å²) in [6.45, 7) is 6.01. The Kier molecular flexibility index (Phi) is 5.41. The predicted octanol–water partition coefficient (Wildman–Crippen LogP) is 3.57. The van der Waals surface area contributed by atoms with Gasteiger partial charge in [-0.2, -0.15) is 5.26 Å². The van der Waals surface area contributed by atoms with Crippen LogP contribution in [0.25, 0.3) is 22.0 Å². The van der Waals surface area contributed by atoms with E-state index in [2.05, 4.69) is 24.5 Å². The van der Waals surface area contributed by atoms with Crippen molar-refractivity contribution in [1.29, 1.82) is 5.26 Å². The molecule has 0 bridgehead atoms. The first kappa shape index (κ1) is 22.2. The molecule has 7 nitrogen and oxygen atoms in total. The van der Waals surface area contributed by atoms with Crippen molar-refractivity contribution in [1.82, 2.24) is 14.4 Å². The van der Waals surface area contributed by atoms with Crippen LogP contribution in [0.5, 0.6) is 0 Å². The highest BCUT2D eigenvalue weighted by molar-refractivity contribution is 5.96. The van der Waals surface area contributed by atoms with Crippen LogP contribution >= 0.6 is 0 Å². The second-order valence-corrected chi connectivity index (χ2v) is 9.58. The Morgan fingerprint density at radius 2 is 1.59 bits per heavy atom. The number of nitrogens with zero attached hydrogens (tertiary/aromatic N) is 4. The summed E-state index contributed by atoms with van der Waals surface area (Å²) in [5, 5.41) is 20.5. The zero-order valence-electron chi connectivity index (χ0n) is 19.5. The minimum Gasteiger partial charge on any atom is -0.380 e. The van der Waals surface area contributed by atoms with Gasteiger partial charge in [0.25, 0.3) is 11.8 Å². The minimum absolute atomic E-state index is 0.0555. The summed E-state index contributed by atoms with van der Waals surface area (Å²) in [7, 11) is 0. The highest BCUT2D eigenvalue weighted by Crippen LogP contribution is 2.37. The highest BCUT2D eigenvalue weighted by atomic mass is 16.3. The molecule has 1 N–H and O–H groups in total. The quantitative estimate of drug-likeness (QED) is 0.650. The Bertz CT molecular complexity index is 1300. The minimum atomic E-state index is -1.16. The lowest BCUT2D eigenvalue weighted by Gasteiger charge is -2.35. The van der Waals surface area contributed by atoms with E-state index < -0.39 is 5.60 Å². The van der Waals surface area contributed by atoms with Crippen LogP contribution in [0.15, 0.2) is 48.7 Å². The molecule has 1 aliphatic heterocycles. The van der Waals surface area contributed by atoms with Gasteiger partial charge in [0.05, 0.1) is 5.56 Å². The fourth-order valence-corrected chi connectivity index (χ4v) is 4.68. The molecule has 5 rings (SSSR count). The van der Waals surface area contributed by atoms with Crippen LogP contribution in [0.3, 0.4) is 0 Å². The monoisotopic (exact) mass is 456 g/mol. The van der Waals surface area contributed by atoms with E-state index in [-0.39, 0.29) is 17.9 Å². The summed E-state index contributed by atoms with van der Waals surface area (Å²) in [6.07, 6.45) is 2.97. The van der Waals surface area contributed by atoms with E-state index in [4.69, 9.17) is 0 Å².